The first-order valence-electron chi connectivity index (χ1n) is 6.70. The summed E-state index contributed by atoms with van der Waals surface area (Å²) in [6, 6.07) is 0.383. The van der Waals surface area contributed by atoms with Crippen LogP contribution in [-0.4, -0.2) is 45.9 Å². The van der Waals surface area contributed by atoms with E-state index in [1.807, 2.05) is 11.8 Å². The van der Waals surface area contributed by atoms with Gasteiger partial charge in [0.2, 0.25) is 11.0 Å². The normalized spacial score (nSPS) is 19.5. The SMILES string of the molecule is CCNc1nnc(SCC(=O)N2CCCC[C@H]2C)s1. The van der Waals surface area contributed by atoms with E-state index in [0.29, 0.717) is 11.8 Å². The lowest BCUT2D eigenvalue weighted by Gasteiger charge is -2.33. The lowest BCUT2D eigenvalue weighted by atomic mass is 10.0. The van der Waals surface area contributed by atoms with Gasteiger partial charge in [-0.25, -0.2) is 0 Å². The van der Waals surface area contributed by atoms with Gasteiger partial charge in [0.1, 0.15) is 0 Å². The summed E-state index contributed by atoms with van der Waals surface area (Å²) in [4.78, 5) is 14.2. The summed E-state index contributed by atoms with van der Waals surface area (Å²) in [5.41, 5.74) is 0. The molecular formula is C12H20N4OS2. The Morgan fingerprint density at radius 2 is 2.37 bits per heavy atom. The first-order chi connectivity index (χ1) is 9.20. The van der Waals surface area contributed by atoms with Crippen molar-refractivity contribution in [3.8, 4) is 0 Å². The maximum atomic E-state index is 12.2. The zero-order chi connectivity index (χ0) is 13.7. The van der Waals surface area contributed by atoms with Gasteiger partial charge in [-0.3, -0.25) is 4.79 Å². The maximum Gasteiger partial charge on any atom is 0.233 e. The molecule has 0 saturated carbocycles. The number of anilines is 1. The van der Waals surface area contributed by atoms with Crippen LogP contribution in [0.2, 0.25) is 0 Å². The Bertz CT molecular complexity index is 424. The van der Waals surface area contributed by atoms with E-state index >= 15 is 0 Å². The third-order valence-corrected chi connectivity index (χ3v) is 5.18. The molecule has 1 atom stereocenters. The molecule has 0 unspecified atom stereocenters. The minimum absolute atomic E-state index is 0.220. The van der Waals surface area contributed by atoms with E-state index in [1.54, 1.807) is 0 Å². The highest BCUT2D eigenvalue weighted by Crippen LogP contribution is 2.26. The van der Waals surface area contributed by atoms with Crippen LogP contribution in [0.4, 0.5) is 5.13 Å². The van der Waals surface area contributed by atoms with Gasteiger partial charge in [-0.2, -0.15) is 0 Å². The van der Waals surface area contributed by atoms with E-state index in [4.69, 9.17) is 0 Å². The van der Waals surface area contributed by atoms with Gasteiger partial charge in [-0.05, 0) is 33.1 Å². The van der Waals surface area contributed by atoms with Crippen LogP contribution >= 0.6 is 23.1 Å². The molecule has 2 rings (SSSR count). The van der Waals surface area contributed by atoms with E-state index in [2.05, 4.69) is 22.4 Å². The fraction of sp³-hybridized carbons (Fsp3) is 0.750. The molecule has 19 heavy (non-hydrogen) atoms. The van der Waals surface area contributed by atoms with Gasteiger partial charge in [0.25, 0.3) is 0 Å². The Labute approximate surface area is 122 Å². The van der Waals surface area contributed by atoms with Crippen molar-refractivity contribution in [1.29, 1.82) is 0 Å². The quantitative estimate of drug-likeness (QED) is 0.847. The standard InChI is InChI=1S/C12H20N4OS2/c1-3-13-11-14-15-12(19-11)18-8-10(17)16-7-5-4-6-9(16)2/h9H,3-8H2,1-2H3,(H,13,14)/t9-/m1/s1. The number of rotatable bonds is 5. The van der Waals surface area contributed by atoms with Crippen LogP contribution < -0.4 is 5.32 Å². The van der Waals surface area contributed by atoms with Crippen molar-refractivity contribution in [2.24, 2.45) is 0 Å². The topological polar surface area (TPSA) is 58.1 Å². The first kappa shape index (κ1) is 14.6. The lowest BCUT2D eigenvalue weighted by molar-refractivity contribution is -0.131. The maximum absolute atomic E-state index is 12.2. The largest absolute Gasteiger partial charge is 0.360 e. The fourth-order valence-electron chi connectivity index (χ4n) is 2.17. The van der Waals surface area contributed by atoms with Gasteiger partial charge in [-0.15, -0.1) is 10.2 Å². The molecule has 1 aromatic rings. The predicted octanol–water partition coefficient (Wildman–Crippen LogP) is 2.46. The zero-order valence-electron chi connectivity index (χ0n) is 11.4. The summed E-state index contributed by atoms with van der Waals surface area (Å²) < 4.78 is 0.856. The molecule has 2 heterocycles. The lowest BCUT2D eigenvalue weighted by Crippen LogP contribution is -2.42. The van der Waals surface area contributed by atoms with Gasteiger partial charge < -0.3 is 10.2 Å². The molecule has 1 aromatic heterocycles. The number of carbonyl (C=O) groups excluding carboxylic acids is 1. The minimum Gasteiger partial charge on any atom is -0.360 e. The highest BCUT2D eigenvalue weighted by Gasteiger charge is 2.23. The molecule has 1 saturated heterocycles. The van der Waals surface area contributed by atoms with E-state index in [-0.39, 0.29) is 5.91 Å². The summed E-state index contributed by atoms with van der Waals surface area (Å²) in [6.45, 7) is 5.90. The van der Waals surface area contributed by atoms with Crippen molar-refractivity contribution in [2.75, 3.05) is 24.2 Å². The number of hydrogen-bond donors (Lipinski definition) is 1. The minimum atomic E-state index is 0.220. The predicted molar refractivity (Wildman–Crippen MR) is 79.8 cm³/mol. The van der Waals surface area contributed by atoms with Crippen LogP contribution in [0.25, 0.3) is 0 Å². The zero-order valence-corrected chi connectivity index (χ0v) is 13.0. The van der Waals surface area contributed by atoms with Crippen LogP contribution in [0.1, 0.15) is 33.1 Å². The number of nitrogens with zero attached hydrogens (tertiary/aromatic N) is 3. The van der Waals surface area contributed by atoms with Crippen LogP contribution in [0.15, 0.2) is 4.34 Å². The number of piperidine rings is 1. The monoisotopic (exact) mass is 300 g/mol. The number of likely N-dealkylation sites (tertiary alicyclic amines) is 1. The summed E-state index contributed by atoms with van der Waals surface area (Å²) in [6.07, 6.45) is 3.49. The van der Waals surface area contributed by atoms with Crippen molar-refractivity contribution < 1.29 is 4.79 Å². The number of amides is 1. The molecule has 1 fully saturated rings. The Morgan fingerprint density at radius 3 is 3.11 bits per heavy atom. The van der Waals surface area contributed by atoms with Gasteiger partial charge in [0, 0.05) is 19.1 Å². The van der Waals surface area contributed by atoms with Crippen LogP contribution in [-0.2, 0) is 4.79 Å². The third-order valence-electron chi connectivity index (χ3n) is 3.18. The van der Waals surface area contributed by atoms with Crippen molar-refractivity contribution >= 4 is 34.1 Å². The number of thioether (sulfide) groups is 1. The van der Waals surface area contributed by atoms with Gasteiger partial charge >= 0.3 is 0 Å². The van der Waals surface area contributed by atoms with E-state index < -0.39 is 0 Å². The van der Waals surface area contributed by atoms with Crippen LogP contribution in [0.3, 0.4) is 0 Å². The smallest absolute Gasteiger partial charge is 0.233 e. The molecule has 7 heteroatoms. The second kappa shape index (κ2) is 7.09. The highest BCUT2D eigenvalue weighted by molar-refractivity contribution is 8.01. The molecule has 1 aliphatic heterocycles. The van der Waals surface area contributed by atoms with Crippen molar-refractivity contribution in [2.45, 2.75) is 43.5 Å². The Kier molecular flexibility index (Phi) is 5.45. The Hall–Kier alpha value is -0.820. The van der Waals surface area contributed by atoms with Crippen molar-refractivity contribution in [3.05, 3.63) is 0 Å². The fourth-order valence-corrected chi connectivity index (χ4v) is 3.87. The molecule has 1 N–H and O–H groups in total. The number of aromatic nitrogens is 2. The summed E-state index contributed by atoms with van der Waals surface area (Å²) in [5, 5.41) is 12.0. The molecule has 5 nitrogen and oxygen atoms in total. The third kappa shape index (κ3) is 4.07. The van der Waals surface area contributed by atoms with Gasteiger partial charge in [-0.1, -0.05) is 23.1 Å². The Morgan fingerprint density at radius 1 is 1.53 bits per heavy atom. The van der Waals surface area contributed by atoms with Crippen molar-refractivity contribution in [1.82, 2.24) is 15.1 Å². The molecule has 0 bridgehead atoms. The molecular weight excluding hydrogens is 280 g/mol. The van der Waals surface area contributed by atoms with Gasteiger partial charge in [0.05, 0.1) is 5.75 Å². The number of hydrogen-bond acceptors (Lipinski definition) is 6. The number of carbonyl (C=O) groups is 1. The average molecular weight is 300 g/mol. The van der Waals surface area contributed by atoms with Crippen molar-refractivity contribution in [3.63, 3.8) is 0 Å². The second-order valence-corrected chi connectivity index (χ2v) is 6.82. The second-order valence-electron chi connectivity index (χ2n) is 4.62. The summed E-state index contributed by atoms with van der Waals surface area (Å²) in [7, 11) is 0. The molecule has 0 aromatic carbocycles. The van der Waals surface area contributed by atoms with E-state index in [0.717, 1.165) is 35.4 Å². The molecule has 1 amide bonds. The van der Waals surface area contributed by atoms with E-state index in [9.17, 15) is 4.79 Å². The molecule has 0 spiro atoms. The summed E-state index contributed by atoms with van der Waals surface area (Å²) in [5.74, 6) is 0.683. The van der Waals surface area contributed by atoms with E-state index in [1.165, 1.54) is 29.5 Å². The molecule has 106 valence electrons. The summed E-state index contributed by atoms with van der Waals surface area (Å²) >= 11 is 2.99. The van der Waals surface area contributed by atoms with Crippen LogP contribution in [0.5, 0.6) is 0 Å². The average Bonchev–Trinajstić information content (AvgIpc) is 2.85. The first-order valence-corrected chi connectivity index (χ1v) is 8.50. The molecule has 0 aliphatic carbocycles. The number of nitrogens with one attached hydrogen (secondary N) is 1. The van der Waals surface area contributed by atoms with Gasteiger partial charge in [0.15, 0.2) is 4.34 Å². The van der Waals surface area contributed by atoms with Crippen LogP contribution in [0, 0.1) is 0 Å². The molecule has 0 radical (unpaired) electrons. The highest BCUT2D eigenvalue weighted by atomic mass is 32.2. The molecule has 1 aliphatic rings. The Balaban J connectivity index is 1.81.